The number of aromatic nitrogens is 4. The quantitative estimate of drug-likeness (QED) is 0.615. The van der Waals surface area contributed by atoms with E-state index in [0.29, 0.717) is 35.4 Å². The monoisotopic (exact) mass is 472 g/mol. The molecule has 0 spiro atoms. The fourth-order valence-corrected chi connectivity index (χ4v) is 4.59. The fourth-order valence-electron chi connectivity index (χ4n) is 3.96. The Morgan fingerprint density at radius 1 is 1.18 bits per heavy atom. The van der Waals surface area contributed by atoms with Gasteiger partial charge in [-0.3, -0.25) is 0 Å². The number of fused-ring (bicyclic) bond motifs is 1. The molecule has 176 valence electrons. The lowest BCUT2D eigenvalue weighted by Gasteiger charge is -2.34. The van der Waals surface area contributed by atoms with Crippen LogP contribution in [0.5, 0.6) is 0 Å². The van der Waals surface area contributed by atoms with Crippen molar-refractivity contribution in [2.45, 2.75) is 50.2 Å². The van der Waals surface area contributed by atoms with Crippen molar-refractivity contribution in [2.24, 2.45) is 0 Å². The van der Waals surface area contributed by atoms with Gasteiger partial charge in [-0.2, -0.15) is 5.10 Å². The van der Waals surface area contributed by atoms with Gasteiger partial charge in [0.15, 0.2) is 15.5 Å². The third kappa shape index (κ3) is 4.77. The Morgan fingerprint density at radius 3 is 2.52 bits per heavy atom. The Balaban J connectivity index is 1.72. The van der Waals surface area contributed by atoms with Crippen molar-refractivity contribution >= 4 is 32.8 Å². The minimum atomic E-state index is -3.32. The molecule has 0 bridgehead atoms. The summed E-state index contributed by atoms with van der Waals surface area (Å²) in [5.74, 6) is 0.285. The van der Waals surface area contributed by atoms with Gasteiger partial charge in [-0.25, -0.2) is 27.9 Å². The van der Waals surface area contributed by atoms with Crippen molar-refractivity contribution < 1.29 is 17.9 Å². The molecule has 1 atom stereocenters. The number of anilines is 1. The van der Waals surface area contributed by atoms with Gasteiger partial charge in [0.1, 0.15) is 23.4 Å². The number of hydrogen-bond acceptors (Lipinski definition) is 8. The van der Waals surface area contributed by atoms with Crippen molar-refractivity contribution in [1.29, 1.82) is 0 Å². The second-order valence-corrected chi connectivity index (χ2v) is 11.3. The molecule has 1 aliphatic rings. The molecule has 11 heteroatoms. The summed E-state index contributed by atoms with van der Waals surface area (Å²) in [6.45, 7) is 6.57. The first kappa shape index (κ1) is 23.0. The number of carbonyl (C=O) groups is 1. The van der Waals surface area contributed by atoms with E-state index in [1.807, 2.05) is 20.8 Å². The first-order valence-electron chi connectivity index (χ1n) is 10.7. The SMILES string of the molecule is CC(C)(C)OC(=O)N1CCC[C@@H](n2nc(-c3ccc(S(C)(=O)=O)cc3)c3c(N)ncnc32)C1. The van der Waals surface area contributed by atoms with E-state index >= 15 is 0 Å². The molecule has 3 heterocycles. The van der Waals surface area contributed by atoms with Crippen molar-refractivity contribution in [3.05, 3.63) is 30.6 Å². The standard InChI is InChI=1S/C22H28N6O4S/c1-22(2,3)32-21(29)27-11-5-6-15(12-27)28-20-17(19(23)24-13-25-20)18(26-28)14-7-9-16(10-8-14)33(4,30)31/h7-10,13,15H,5-6,11-12H2,1-4H3,(H2,23,24,25)/t15-/m1/s1. The number of piperidine rings is 1. The zero-order valence-electron chi connectivity index (χ0n) is 19.1. The summed E-state index contributed by atoms with van der Waals surface area (Å²) in [5, 5.41) is 5.41. The van der Waals surface area contributed by atoms with Crippen molar-refractivity contribution in [2.75, 3.05) is 25.1 Å². The Bertz CT molecular complexity index is 1290. The lowest BCUT2D eigenvalue weighted by atomic mass is 10.1. The predicted molar refractivity (Wildman–Crippen MR) is 124 cm³/mol. The average Bonchev–Trinajstić information content (AvgIpc) is 3.13. The molecule has 1 aromatic carbocycles. The number of sulfone groups is 1. The lowest BCUT2D eigenvalue weighted by Crippen LogP contribution is -2.43. The highest BCUT2D eigenvalue weighted by Gasteiger charge is 2.31. The normalized spacial score (nSPS) is 17.3. The van der Waals surface area contributed by atoms with E-state index in [1.165, 1.54) is 6.33 Å². The van der Waals surface area contributed by atoms with Gasteiger partial charge >= 0.3 is 6.09 Å². The molecule has 33 heavy (non-hydrogen) atoms. The van der Waals surface area contributed by atoms with Gasteiger partial charge < -0.3 is 15.4 Å². The van der Waals surface area contributed by atoms with Gasteiger partial charge in [0.2, 0.25) is 0 Å². The third-order valence-corrected chi connectivity index (χ3v) is 6.60. The van der Waals surface area contributed by atoms with Crippen LogP contribution in [-0.4, -0.2) is 64.1 Å². The molecule has 0 saturated carbocycles. The van der Waals surface area contributed by atoms with Gasteiger partial charge in [-0.05, 0) is 45.7 Å². The number of nitrogen functional groups attached to an aromatic ring is 1. The van der Waals surface area contributed by atoms with Crippen molar-refractivity contribution in [3.63, 3.8) is 0 Å². The van der Waals surface area contributed by atoms with Crippen molar-refractivity contribution in [3.8, 4) is 11.3 Å². The second-order valence-electron chi connectivity index (χ2n) is 9.27. The van der Waals surface area contributed by atoms with Crippen LogP contribution >= 0.6 is 0 Å². The molecule has 2 N–H and O–H groups in total. The van der Waals surface area contributed by atoms with Crippen LogP contribution in [0.4, 0.5) is 10.6 Å². The maximum atomic E-state index is 12.6. The molecule has 1 amide bonds. The summed E-state index contributed by atoms with van der Waals surface area (Å²) in [5.41, 5.74) is 7.46. The smallest absolute Gasteiger partial charge is 0.410 e. The summed E-state index contributed by atoms with van der Waals surface area (Å²) in [7, 11) is -3.32. The van der Waals surface area contributed by atoms with E-state index < -0.39 is 15.4 Å². The van der Waals surface area contributed by atoms with E-state index in [0.717, 1.165) is 19.1 Å². The molecule has 1 aliphatic heterocycles. The Kier molecular flexibility index (Phi) is 5.77. The minimum Gasteiger partial charge on any atom is -0.444 e. The highest BCUT2D eigenvalue weighted by Crippen LogP contribution is 2.34. The molecule has 1 fully saturated rings. The van der Waals surface area contributed by atoms with Crippen LogP contribution in [0.15, 0.2) is 35.5 Å². The molecular weight excluding hydrogens is 444 g/mol. The zero-order valence-corrected chi connectivity index (χ0v) is 20.0. The van der Waals surface area contributed by atoms with Gasteiger partial charge in [-0.15, -0.1) is 0 Å². The zero-order chi connectivity index (χ0) is 24.0. The number of amides is 1. The number of nitrogens with zero attached hydrogens (tertiary/aromatic N) is 5. The molecule has 0 unspecified atom stereocenters. The second kappa shape index (κ2) is 8.29. The van der Waals surface area contributed by atoms with Crippen LogP contribution < -0.4 is 5.73 Å². The molecule has 4 rings (SSSR count). The molecule has 0 radical (unpaired) electrons. The van der Waals surface area contributed by atoms with E-state index in [1.54, 1.807) is 33.8 Å². The summed E-state index contributed by atoms with van der Waals surface area (Å²) < 4.78 is 31.0. The Hall–Kier alpha value is -3.21. The average molecular weight is 473 g/mol. The summed E-state index contributed by atoms with van der Waals surface area (Å²) in [6, 6.07) is 6.36. The van der Waals surface area contributed by atoms with E-state index in [4.69, 9.17) is 15.6 Å². The molecule has 1 saturated heterocycles. The van der Waals surface area contributed by atoms with Gasteiger partial charge in [0, 0.05) is 24.9 Å². The lowest BCUT2D eigenvalue weighted by molar-refractivity contribution is 0.0169. The summed E-state index contributed by atoms with van der Waals surface area (Å²) >= 11 is 0. The molecule has 10 nitrogen and oxygen atoms in total. The van der Waals surface area contributed by atoms with Crippen LogP contribution in [0.3, 0.4) is 0 Å². The first-order valence-corrected chi connectivity index (χ1v) is 12.6. The number of carbonyl (C=O) groups excluding carboxylic acids is 1. The highest BCUT2D eigenvalue weighted by molar-refractivity contribution is 7.90. The number of hydrogen-bond donors (Lipinski definition) is 1. The van der Waals surface area contributed by atoms with Crippen LogP contribution in [0, 0.1) is 0 Å². The van der Waals surface area contributed by atoms with Crippen LogP contribution in [0.2, 0.25) is 0 Å². The predicted octanol–water partition coefficient (Wildman–Crippen LogP) is 3.05. The number of rotatable bonds is 3. The van der Waals surface area contributed by atoms with E-state index in [9.17, 15) is 13.2 Å². The molecular formula is C22H28N6O4S. The van der Waals surface area contributed by atoms with Gasteiger partial charge in [0.25, 0.3) is 0 Å². The van der Waals surface area contributed by atoms with Crippen molar-refractivity contribution in [1.82, 2.24) is 24.6 Å². The third-order valence-electron chi connectivity index (χ3n) is 5.47. The molecule has 2 aromatic heterocycles. The largest absolute Gasteiger partial charge is 0.444 e. The van der Waals surface area contributed by atoms with Gasteiger partial charge in [-0.1, -0.05) is 12.1 Å². The van der Waals surface area contributed by atoms with Crippen LogP contribution in [0.1, 0.15) is 39.7 Å². The van der Waals surface area contributed by atoms with Crippen LogP contribution in [0.25, 0.3) is 22.3 Å². The molecule has 0 aliphatic carbocycles. The van der Waals surface area contributed by atoms with E-state index in [2.05, 4.69) is 9.97 Å². The number of likely N-dealkylation sites (tertiary alicyclic amines) is 1. The number of ether oxygens (including phenoxy) is 1. The fraction of sp³-hybridized carbons (Fsp3) is 0.455. The maximum Gasteiger partial charge on any atom is 0.410 e. The van der Waals surface area contributed by atoms with Gasteiger partial charge in [0.05, 0.1) is 16.3 Å². The first-order chi connectivity index (χ1) is 15.4. The number of nitrogens with two attached hydrogens (primary N) is 1. The summed E-state index contributed by atoms with van der Waals surface area (Å²) in [6.07, 6.45) is 3.81. The minimum absolute atomic E-state index is 0.118. The topological polar surface area (TPSA) is 133 Å². The maximum absolute atomic E-state index is 12.6. The Morgan fingerprint density at radius 2 is 1.88 bits per heavy atom. The number of benzene rings is 1. The van der Waals surface area contributed by atoms with Crippen LogP contribution in [-0.2, 0) is 14.6 Å². The highest BCUT2D eigenvalue weighted by atomic mass is 32.2. The summed E-state index contributed by atoms with van der Waals surface area (Å²) in [4.78, 5) is 23.1. The van der Waals surface area contributed by atoms with E-state index in [-0.39, 0.29) is 22.8 Å². The Labute approximate surface area is 192 Å². The molecule has 3 aromatic rings.